The van der Waals surface area contributed by atoms with Crippen molar-refractivity contribution in [3.63, 3.8) is 0 Å². The molecule has 2 aromatic rings. The van der Waals surface area contributed by atoms with Crippen molar-refractivity contribution in [2.45, 2.75) is 77.0 Å². The molecule has 1 heterocycles. The second kappa shape index (κ2) is 9.14. The summed E-state index contributed by atoms with van der Waals surface area (Å²) in [6.07, 6.45) is 5.40. The fourth-order valence-electron chi connectivity index (χ4n) is 3.95. The van der Waals surface area contributed by atoms with Crippen LogP contribution in [-0.4, -0.2) is 48.2 Å². The fourth-order valence-corrected chi connectivity index (χ4v) is 4.16. The third kappa shape index (κ3) is 5.75. The van der Waals surface area contributed by atoms with Crippen LogP contribution in [0.2, 0.25) is 5.02 Å². The van der Waals surface area contributed by atoms with Crippen molar-refractivity contribution in [3.05, 3.63) is 45.1 Å². The van der Waals surface area contributed by atoms with Gasteiger partial charge in [-0.05, 0) is 51.8 Å². The van der Waals surface area contributed by atoms with E-state index in [0.717, 1.165) is 25.7 Å². The maximum Gasteiger partial charge on any atom is 0.350 e. The van der Waals surface area contributed by atoms with Crippen LogP contribution in [0.4, 0.5) is 0 Å². The molecule has 8 nitrogen and oxygen atoms in total. The van der Waals surface area contributed by atoms with E-state index in [9.17, 15) is 19.8 Å². The van der Waals surface area contributed by atoms with Crippen LogP contribution in [0.3, 0.4) is 0 Å². The largest absolute Gasteiger partial charge is 0.389 e. The lowest BCUT2D eigenvalue weighted by atomic mass is 9.94. The van der Waals surface area contributed by atoms with Crippen molar-refractivity contribution in [3.8, 4) is 5.69 Å². The van der Waals surface area contributed by atoms with Crippen LogP contribution in [0.25, 0.3) is 5.69 Å². The summed E-state index contributed by atoms with van der Waals surface area (Å²) in [4.78, 5) is 25.6. The van der Waals surface area contributed by atoms with Gasteiger partial charge in [-0.1, -0.05) is 37.3 Å². The topological polar surface area (TPSA) is 109 Å². The van der Waals surface area contributed by atoms with Crippen LogP contribution in [-0.2, 0) is 6.54 Å². The van der Waals surface area contributed by atoms with Crippen LogP contribution in [0, 0.1) is 6.92 Å². The highest BCUT2D eigenvalue weighted by Crippen LogP contribution is 2.27. The third-order valence-electron chi connectivity index (χ3n) is 5.64. The number of rotatable bonds is 6. The zero-order valence-corrected chi connectivity index (χ0v) is 19.1. The Bertz CT molecular complexity index is 998. The Labute approximate surface area is 186 Å². The van der Waals surface area contributed by atoms with Gasteiger partial charge in [0.05, 0.1) is 34.0 Å². The Balaban J connectivity index is 1.83. The first-order valence-corrected chi connectivity index (χ1v) is 11.1. The number of nitrogens with zero attached hydrogens (tertiary/aromatic N) is 3. The Hall–Kier alpha value is -2.16. The molecule has 1 fully saturated rings. The number of hydrogen-bond acceptors (Lipinski definition) is 5. The molecule has 3 rings (SSSR count). The quantitative estimate of drug-likeness (QED) is 0.586. The average molecular weight is 451 g/mol. The lowest BCUT2D eigenvalue weighted by Gasteiger charge is -2.26. The van der Waals surface area contributed by atoms with Crippen LogP contribution in [0.5, 0.6) is 0 Å². The van der Waals surface area contributed by atoms with Gasteiger partial charge in [0.15, 0.2) is 0 Å². The number of amides is 1. The molecule has 1 aromatic carbocycles. The monoisotopic (exact) mass is 450 g/mol. The molecule has 1 amide bonds. The number of benzene rings is 1. The molecule has 0 radical (unpaired) electrons. The minimum atomic E-state index is -1.08. The summed E-state index contributed by atoms with van der Waals surface area (Å²) in [6, 6.07) is 4.67. The summed E-state index contributed by atoms with van der Waals surface area (Å²) in [5, 5.41) is 28.2. The van der Waals surface area contributed by atoms with E-state index in [1.165, 1.54) is 15.3 Å². The van der Waals surface area contributed by atoms with Crippen molar-refractivity contribution in [1.82, 2.24) is 19.7 Å². The number of aryl methyl sites for hydroxylation is 1. The van der Waals surface area contributed by atoms with Crippen LogP contribution in [0.15, 0.2) is 23.0 Å². The van der Waals surface area contributed by atoms with Crippen LogP contribution in [0.1, 0.15) is 68.6 Å². The molecule has 9 heteroatoms. The average Bonchev–Trinajstić information content (AvgIpc) is 2.85. The van der Waals surface area contributed by atoms with Gasteiger partial charge in [-0.25, -0.2) is 4.79 Å². The minimum absolute atomic E-state index is 0.0944. The molecule has 1 aliphatic carbocycles. The second-order valence-corrected chi connectivity index (χ2v) is 9.53. The van der Waals surface area contributed by atoms with Gasteiger partial charge in [0.25, 0.3) is 5.91 Å². The highest BCUT2D eigenvalue weighted by molar-refractivity contribution is 6.33. The molecule has 0 unspecified atom stereocenters. The van der Waals surface area contributed by atoms with Gasteiger partial charge in [0.2, 0.25) is 0 Å². The van der Waals surface area contributed by atoms with E-state index >= 15 is 0 Å². The highest BCUT2D eigenvalue weighted by atomic mass is 35.5. The van der Waals surface area contributed by atoms with Gasteiger partial charge >= 0.3 is 5.69 Å². The predicted octanol–water partition coefficient (Wildman–Crippen LogP) is 2.58. The van der Waals surface area contributed by atoms with Crippen molar-refractivity contribution < 1.29 is 15.0 Å². The smallest absolute Gasteiger partial charge is 0.350 e. The number of nitrogens with one attached hydrogen (secondary N) is 1. The van der Waals surface area contributed by atoms with Crippen molar-refractivity contribution in [2.75, 3.05) is 6.54 Å². The number of aromatic nitrogens is 3. The van der Waals surface area contributed by atoms with Gasteiger partial charge in [-0.15, -0.1) is 0 Å². The van der Waals surface area contributed by atoms with Gasteiger partial charge in [-0.2, -0.15) is 9.78 Å². The van der Waals surface area contributed by atoms with Gasteiger partial charge < -0.3 is 15.5 Å². The summed E-state index contributed by atoms with van der Waals surface area (Å²) >= 11 is 6.25. The Morgan fingerprint density at radius 2 is 1.90 bits per heavy atom. The molecular weight excluding hydrogens is 420 g/mol. The maximum atomic E-state index is 12.8. The summed E-state index contributed by atoms with van der Waals surface area (Å²) in [7, 11) is 0. The molecule has 0 spiro atoms. The van der Waals surface area contributed by atoms with E-state index in [2.05, 4.69) is 10.4 Å². The zero-order chi connectivity index (χ0) is 22.8. The zero-order valence-electron chi connectivity index (χ0n) is 18.3. The number of carbonyl (C=O) groups is 1. The third-order valence-corrected chi connectivity index (χ3v) is 5.97. The van der Waals surface area contributed by atoms with E-state index < -0.39 is 22.8 Å². The lowest BCUT2D eigenvalue weighted by molar-refractivity contribution is 0.0246. The summed E-state index contributed by atoms with van der Waals surface area (Å²) in [5.41, 5.74) is -1.80. The van der Waals surface area contributed by atoms with E-state index in [0.29, 0.717) is 24.4 Å². The molecule has 31 heavy (non-hydrogen) atoms. The van der Waals surface area contributed by atoms with E-state index in [1.54, 1.807) is 32.9 Å². The second-order valence-electron chi connectivity index (χ2n) is 9.13. The first kappa shape index (κ1) is 23.5. The molecule has 1 aliphatic rings. The first-order chi connectivity index (χ1) is 14.5. The van der Waals surface area contributed by atoms with Gasteiger partial charge in [0, 0.05) is 6.54 Å². The van der Waals surface area contributed by atoms with Crippen LogP contribution < -0.4 is 11.0 Å². The highest BCUT2D eigenvalue weighted by Gasteiger charge is 2.29. The molecule has 0 bridgehead atoms. The predicted molar refractivity (Wildman–Crippen MR) is 119 cm³/mol. The Morgan fingerprint density at radius 1 is 1.26 bits per heavy atom. The standard InChI is InChI=1S/C22H31ClN4O4/c1-15-25-27(20(29)26(15)14-21(2,3)30)16-8-9-18(23)17(12-16)19(28)24-13-22(31)10-6-4-5-7-11-22/h8-9,12,30-31H,4-7,10-11,13-14H2,1-3H3,(H,24,28). The first-order valence-electron chi connectivity index (χ1n) is 10.7. The molecule has 0 atom stereocenters. The molecule has 0 saturated heterocycles. The van der Waals surface area contributed by atoms with Crippen molar-refractivity contribution >= 4 is 17.5 Å². The molecule has 1 aromatic heterocycles. The van der Waals surface area contributed by atoms with E-state index in [-0.39, 0.29) is 23.7 Å². The van der Waals surface area contributed by atoms with E-state index in [4.69, 9.17) is 11.6 Å². The van der Waals surface area contributed by atoms with Gasteiger partial charge in [0.1, 0.15) is 5.82 Å². The number of carbonyl (C=O) groups excluding carboxylic acids is 1. The van der Waals surface area contributed by atoms with Crippen LogP contribution >= 0.6 is 11.6 Å². The SMILES string of the molecule is Cc1nn(-c2ccc(Cl)c(C(=O)NCC3(O)CCCCCC3)c2)c(=O)n1CC(C)(C)O. The molecular formula is C22H31ClN4O4. The van der Waals surface area contributed by atoms with Crippen molar-refractivity contribution in [2.24, 2.45) is 0 Å². The fraction of sp³-hybridized carbons (Fsp3) is 0.591. The molecule has 170 valence electrons. The summed E-state index contributed by atoms with van der Waals surface area (Å²) in [5.74, 6) is 0.0360. The molecule has 1 saturated carbocycles. The minimum Gasteiger partial charge on any atom is -0.389 e. The lowest BCUT2D eigenvalue weighted by Crippen LogP contribution is -2.42. The number of aliphatic hydroxyl groups is 2. The summed E-state index contributed by atoms with van der Waals surface area (Å²) in [6.45, 7) is 5.16. The summed E-state index contributed by atoms with van der Waals surface area (Å²) < 4.78 is 2.57. The maximum absolute atomic E-state index is 12.8. The van der Waals surface area contributed by atoms with E-state index in [1.807, 2.05) is 0 Å². The van der Waals surface area contributed by atoms with Gasteiger partial charge in [-0.3, -0.25) is 9.36 Å². The Morgan fingerprint density at radius 3 is 2.52 bits per heavy atom. The molecule has 0 aliphatic heterocycles. The normalized spacial score (nSPS) is 16.7. The number of halogens is 1. The van der Waals surface area contributed by atoms with Crippen molar-refractivity contribution in [1.29, 1.82) is 0 Å². The molecule has 3 N–H and O–H groups in total. The number of hydrogen-bond donors (Lipinski definition) is 3. The Kier molecular flexibility index (Phi) is 6.93.